The topological polar surface area (TPSA) is 74.2 Å². The Balaban J connectivity index is 1.95. The number of aromatic nitrogens is 3. The normalized spacial score (nSPS) is 15.7. The van der Waals surface area contributed by atoms with Gasteiger partial charge in [0.05, 0.1) is 18.3 Å². The Hall–Kier alpha value is -2.54. The lowest BCUT2D eigenvalue weighted by molar-refractivity contribution is -0.135. The standard InChI is InChI=1S/C21H30N6O/c1-6-14(2)18(22-3)21(28)27-12-9-16-17(13-27)24-19(25-20(16)26(4)5)15-7-10-23-11-8-15/h7-8,10-11,14,18,22H,6,9,12-13H2,1-5H3. The number of likely N-dealkylation sites (N-methyl/N-ethyl adjacent to an activating group) is 1. The van der Waals surface area contributed by atoms with Gasteiger partial charge < -0.3 is 15.1 Å². The lowest BCUT2D eigenvalue weighted by Gasteiger charge is -2.34. The number of hydrogen-bond acceptors (Lipinski definition) is 6. The molecule has 1 amide bonds. The maximum absolute atomic E-state index is 13.1. The molecule has 0 aliphatic carbocycles. The molecular formula is C21H30N6O. The van der Waals surface area contributed by atoms with E-state index in [0.717, 1.165) is 35.5 Å². The first-order valence-electron chi connectivity index (χ1n) is 9.89. The van der Waals surface area contributed by atoms with Crippen molar-refractivity contribution < 1.29 is 4.79 Å². The van der Waals surface area contributed by atoms with Crippen LogP contribution < -0.4 is 10.2 Å². The first kappa shape index (κ1) is 20.2. The number of anilines is 1. The molecule has 0 saturated heterocycles. The van der Waals surface area contributed by atoms with Crippen LogP contribution in [0.2, 0.25) is 0 Å². The van der Waals surface area contributed by atoms with E-state index in [4.69, 9.17) is 9.97 Å². The highest BCUT2D eigenvalue weighted by molar-refractivity contribution is 5.82. The molecule has 1 aliphatic heterocycles. The van der Waals surface area contributed by atoms with Crippen molar-refractivity contribution >= 4 is 11.7 Å². The van der Waals surface area contributed by atoms with Gasteiger partial charge in [0.1, 0.15) is 5.82 Å². The van der Waals surface area contributed by atoms with Crippen molar-refractivity contribution in [3.63, 3.8) is 0 Å². The SMILES string of the molecule is CCC(C)C(NC)C(=O)N1CCc2c(nc(-c3ccncc3)nc2N(C)C)C1. The van der Waals surface area contributed by atoms with Crippen molar-refractivity contribution in [2.75, 3.05) is 32.6 Å². The van der Waals surface area contributed by atoms with Crippen molar-refractivity contribution in [1.82, 2.24) is 25.2 Å². The Morgan fingerprint density at radius 1 is 1.29 bits per heavy atom. The molecule has 0 radical (unpaired) electrons. The zero-order valence-electron chi connectivity index (χ0n) is 17.4. The Bertz CT molecular complexity index is 823. The Kier molecular flexibility index (Phi) is 6.24. The zero-order valence-corrected chi connectivity index (χ0v) is 17.4. The number of nitrogens with one attached hydrogen (secondary N) is 1. The Labute approximate surface area is 167 Å². The molecule has 0 bridgehead atoms. The van der Waals surface area contributed by atoms with Crippen molar-refractivity contribution in [2.45, 2.75) is 39.3 Å². The summed E-state index contributed by atoms with van der Waals surface area (Å²) in [6.07, 6.45) is 5.21. The molecule has 3 rings (SSSR count). The van der Waals surface area contributed by atoms with Crippen LogP contribution in [0.25, 0.3) is 11.4 Å². The van der Waals surface area contributed by atoms with Gasteiger partial charge in [0.15, 0.2) is 5.82 Å². The maximum atomic E-state index is 13.1. The second kappa shape index (κ2) is 8.65. The molecule has 3 heterocycles. The third kappa shape index (κ3) is 3.99. The molecule has 150 valence electrons. The van der Waals surface area contributed by atoms with Crippen LogP contribution in [0, 0.1) is 5.92 Å². The molecule has 7 heteroatoms. The van der Waals surface area contributed by atoms with E-state index in [9.17, 15) is 4.79 Å². The molecule has 7 nitrogen and oxygen atoms in total. The van der Waals surface area contributed by atoms with Crippen LogP contribution in [0.5, 0.6) is 0 Å². The number of amides is 1. The van der Waals surface area contributed by atoms with Crippen molar-refractivity contribution in [1.29, 1.82) is 0 Å². The Morgan fingerprint density at radius 2 is 2.00 bits per heavy atom. The molecule has 2 aromatic rings. The van der Waals surface area contributed by atoms with Crippen molar-refractivity contribution in [3.05, 3.63) is 35.8 Å². The number of carbonyl (C=O) groups excluding carboxylic acids is 1. The van der Waals surface area contributed by atoms with E-state index in [0.29, 0.717) is 18.9 Å². The minimum absolute atomic E-state index is 0.151. The molecule has 2 atom stereocenters. The molecule has 1 aliphatic rings. The van der Waals surface area contributed by atoms with E-state index in [1.807, 2.05) is 43.1 Å². The fourth-order valence-corrected chi connectivity index (χ4v) is 3.68. The van der Waals surface area contributed by atoms with Crippen LogP contribution in [0.1, 0.15) is 31.5 Å². The lowest BCUT2D eigenvalue weighted by atomic mass is 9.96. The average Bonchev–Trinajstić information content (AvgIpc) is 2.73. The summed E-state index contributed by atoms with van der Waals surface area (Å²) in [5.41, 5.74) is 3.00. The number of hydrogen-bond donors (Lipinski definition) is 1. The van der Waals surface area contributed by atoms with E-state index < -0.39 is 0 Å². The second-order valence-corrected chi connectivity index (χ2v) is 7.59. The number of nitrogens with zero attached hydrogens (tertiary/aromatic N) is 5. The van der Waals surface area contributed by atoms with E-state index in [2.05, 4.69) is 24.1 Å². The molecule has 0 saturated carbocycles. The predicted molar refractivity (Wildman–Crippen MR) is 111 cm³/mol. The van der Waals surface area contributed by atoms with Gasteiger partial charge >= 0.3 is 0 Å². The highest BCUT2D eigenvalue weighted by atomic mass is 16.2. The zero-order chi connectivity index (χ0) is 20.3. The van der Waals surface area contributed by atoms with E-state index in [1.165, 1.54) is 0 Å². The van der Waals surface area contributed by atoms with Gasteiger partial charge in [-0.1, -0.05) is 20.3 Å². The summed E-state index contributed by atoms with van der Waals surface area (Å²) in [5, 5.41) is 3.20. The van der Waals surface area contributed by atoms with E-state index in [1.54, 1.807) is 12.4 Å². The number of fused-ring (bicyclic) bond motifs is 1. The number of carbonyl (C=O) groups is 1. The van der Waals surface area contributed by atoms with Gasteiger partial charge in [0.2, 0.25) is 5.91 Å². The largest absolute Gasteiger partial charge is 0.362 e. The quantitative estimate of drug-likeness (QED) is 0.825. The summed E-state index contributed by atoms with van der Waals surface area (Å²) < 4.78 is 0. The van der Waals surface area contributed by atoms with Gasteiger partial charge in [-0.05, 0) is 31.5 Å². The summed E-state index contributed by atoms with van der Waals surface area (Å²) in [6, 6.07) is 3.65. The first-order valence-corrected chi connectivity index (χ1v) is 9.89. The van der Waals surface area contributed by atoms with Gasteiger partial charge in [-0.3, -0.25) is 9.78 Å². The molecule has 0 aromatic carbocycles. The van der Waals surface area contributed by atoms with Crippen LogP contribution in [-0.4, -0.2) is 59.5 Å². The minimum Gasteiger partial charge on any atom is -0.362 e. The molecule has 0 spiro atoms. The lowest BCUT2D eigenvalue weighted by Crippen LogP contribution is -2.50. The third-order valence-electron chi connectivity index (χ3n) is 5.51. The number of rotatable bonds is 6. The molecule has 1 N–H and O–H groups in total. The summed E-state index contributed by atoms with van der Waals surface area (Å²) >= 11 is 0. The third-order valence-corrected chi connectivity index (χ3v) is 5.51. The molecular weight excluding hydrogens is 352 g/mol. The van der Waals surface area contributed by atoms with Crippen LogP contribution >= 0.6 is 0 Å². The van der Waals surface area contributed by atoms with Crippen molar-refractivity contribution in [2.24, 2.45) is 5.92 Å². The van der Waals surface area contributed by atoms with E-state index in [-0.39, 0.29) is 17.9 Å². The van der Waals surface area contributed by atoms with Gasteiger partial charge in [-0.25, -0.2) is 9.97 Å². The van der Waals surface area contributed by atoms with Gasteiger partial charge in [-0.2, -0.15) is 0 Å². The highest BCUT2D eigenvalue weighted by Gasteiger charge is 2.31. The molecule has 2 unspecified atom stereocenters. The Morgan fingerprint density at radius 3 is 2.61 bits per heavy atom. The van der Waals surface area contributed by atoms with Crippen LogP contribution in [0.15, 0.2) is 24.5 Å². The van der Waals surface area contributed by atoms with Crippen LogP contribution in [-0.2, 0) is 17.8 Å². The minimum atomic E-state index is -0.165. The monoisotopic (exact) mass is 382 g/mol. The predicted octanol–water partition coefficient (Wildman–Crippen LogP) is 2.12. The van der Waals surface area contributed by atoms with Gasteiger partial charge in [0, 0.05) is 44.2 Å². The first-order chi connectivity index (χ1) is 13.5. The van der Waals surface area contributed by atoms with Crippen LogP contribution in [0.3, 0.4) is 0 Å². The number of pyridine rings is 1. The molecule has 2 aromatic heterocycles. The summed E-state index contributed by atoms with van der Waals surface area (Å²) in [5.74, 6) is 2.04. The smallest absolute Gasteiger partial charge is 0.240 e. The van der Waals surface area contributed by atoms with Gasteiger partial charge in [-0.15, -0.1) is 0 Å². The fourth-order valence-electron chi connectivity index (χ4n) is 3.68. The van der Waals surface area contributed by atoms with Crippen LogP contribution in [0.4, 0.5) is 5.82 Å². The fraction of sp³-hybridized carbons (Fsp3) is 0.524. The molecule has 0 fully saturated rings. The maximum Gasteiger partial charge on any atom is 0.240 e. The summed E-state index contributed by atoms with van der Waals surface area (Å²) in [6.45, 7) is 5.44. The van der Waals surface area contributed by atoms with E-state index >= 15 is 0 Å². The highest BCUT2D eigenvalue weighted by Crippen LogP contribution is 2.29. The average molecular weight is 383 g/mol. The van der Waals surface area contributed by atoms with Gasteiger partial charge in [0.25, 0.3) is 0 Å². The second-order valence-electron chi connectivity index (χ2n) is 7.59. The summed E-state index contributed by atoms with van der Waals surface area (Å²) in [4.78, 5) is 30.8. The molecule has 28 heavy (non-hydrogen) atoms. The van der Waals surface area contributed by atoms with Crippen molar-refractivity contribution in [3.8, 4) is 11.4 Å². The summed E-state index contributed by atoms with van der Waals surface area (Å²) in [7, 11) is 5.85.